The number of nitrogens with zero attached hydrogens (tertiary/aromatic N) is 8. The molecule has 0 fully saturated rings. The molecule has 260 valence electrons. The third kappa shape index (κ3) is 9.69. The Morgan fingerprint density at radius 3 is 1.94 bits per heavy atom. The van der Waals surface area contributed by atoms with Crippen molar-refractivity contribution in [2.45, 2.75) is 27.3 Å². The summed E-state index contributed by atoms with van der Waals surface area (Å²) >= 11 is 10.3. The lowest BCUT2D eigenvalue weighted by Gasteiger charge is -2.03. The molecule has 8 nitrogen and oxygen atoms in total. The van der Waals surface area contributed by atoms with Crippen LogP contribution in [0.2, 0.25) is 0 Å². The van der Waals surface area contributed by atoms with E-state index in [-0.39, 0.29) is 0 Å². The summed E-state index contributed by atoms with van der Waals surface area (Å²) in [4.78, 5) is 16.6. The first kappa shape index (κ1) is 36.9. The molecule has 12 heteroatoms. The molecule has 0 spiro atoms. The van der Waals surface area contributed by atoms with Gasteiger partial charge < -0.3 is 0 Å². The predicted molar refractivity (Wildman–Crippen MR) is 217 cm³/mol. The van der Waals surface area contributed by atoms with Crippen LogP contribution in [-0.4, -0.2) is 40.7 Å². The highest BCUT2D eigenvalue weighted by atomic mass is 79.9. The number of hydrogen-bond acceptors (Lipinski definition) is 6. The molecular formula is C40H32Br3FN8. The van der Waals surface area contributed by atoms with E-state index in [9.17, 15) is 4.39 Å². The number of rotatable bonds is 2. The van der Waals surface area contributed by atoms with E-state index in [0.29, 0.717) is 5.69 Å². The highest BCUT2D eigenvalue weighted by Gasteiger charge is 2.07. The van der Waals surface area contributed by atoms with Gasteiger partial charge in [-0.2, -0.15) is 14.6 Å². The summed E-state index contributed by atoms with van der Waals surface area (Å²) < 4.78 is 18.9. The van der Waals surface area contributed by atoms with E-state index in [1.54, 1.807) is 19.1 Å². The summed E-state index contributed by atoms with van der Waals surface area (Å²) in [5.41, 5.74) is 7.27. The molecule has 0 amide bonds. The molecule has 5 aromatic heterocycles. The third-order valence-electron chi connectivity index (χ3n) is 7.65. The SMILES string of the molecule is Brc1ccc2c(c1)CN=C2.Cc1cccc(-n2cc3ccc(Br)cc3n2)n1.Cc1cccc(-n2ncc3ccc(Br)cc32)n1.Cc1cccc(F)n1. The van der Waals surface area contributed by atoms with Crippen LogP contribution < -0.4 is 0 Å². The number of benzene rings is 3. The maximum Gasteiger partial charge on any atom is 0.213 e. The Labute approximate surface area is 325 Å². The molecule has 9 rings (SSSR count). The van der Waals surface area contributed by atoms with E-state index in [0.717, 1.165) is 64.8 Å². The summed E-state index contributed by atoms with van der Waals surface area (Å²) in [6.07, 6.45) is 5.76. The number of aryl methyl sites for hydroxylation is 3. The maximum absolute atomic E-state index is 12.1. The zero-order valence-corrected chi connectivity index (χ0v) is 33.2. The second kappa shape index (κ2) is 17.1. The third-order valence-corrected chi connectivity index (χ3v) is 9.13. The molecule has 6 heterocycles. The smallest absolute Gasteiger partial charge is 0.213 e. The van der Waals surface area contributed by atoms with Crippen LogP contribution in [-0.2, 0) is 6.54 Å². The fourth-order valence-corrected chi connectivity index (χ4v) is 6.28. The van der Waals surface area contributed by atoms with Crippen molar-refractivity contribution < 1.29 is 4.39 Å². The second-order valence-electron chi connectivity index (χ2n) is 11.7. The van der Waals surface area contributed by atoms with E-state index in [4.69, 9.17) is 0 Å². The number of fused-ring (bicyclic) bond motifs is 3. The largest absolute Gasteiger partial charge is 0.288 e. The summed E-state index contributed by atoms with van der Waals surface area (Å²) in [5.74, 6) is 1.28. The van der Waals surface area contributed by atoms with Crippen LogP contribution in [0.1, 0.15) is 28.2 Å². The van der Waals surface area contributed by atoms with Gasteiger partial charge in [-0.05, 0) is 105 Å². The lowest BCUT2D eigenvalue weighted by molar-refractivity contribution is 0.580. The van der Waals surface area contributed by atoms with Gasteiger partial charge in [0.2, 0.25) is 5.95 Å². The Balaban J connectivity index is 0.000000125. The monoisotopic (exact) mass is 880 g/mol. The highest BCUT2D eigenvalue weighted by Crippen LogP contribution is 2.23. The first-order valence-electron chi connectivity index (χ1n) is 16.1. The minimum Gasteiger partial charge on any atom is -0.288 e. The molecule has 0 bridgehead atoms. The molecular weight excluding hydrogens is 851 g/mol. The highest BCUT2D eigenvalue weighted by molar-refractivity contribution is 9.11. The fourth-order valence-electron chi connectivity index (χ4n) is 5.17. The van der Waals surface area contributed by atoms with Gasteiger partial charge in [0.15, 0.2) is 11.6 Å². The Morgan fingerprint density at radius 2 is 1.25 bits per heavy atom. The fraction of sp³-hybridized carbons (Fsp3) is 0.100. The standard InChI is InChI=1S/2C13H10BrN3.C8H6BrN.C6H6FN/c1-9-3-2-4-13(15-9)17-8-10-5-6-11(14)7-12(10)16-17;1-9-3-2-4-13(16-9)17-12-7-11(14)6-5-10(12)8-15-17;9-8-2-1-6-4-10-5-7(6)3-8;1-5-3-2-4-6(7)8-5/h2*2-8H,1H3;1-4H,5H2;2-4H,1H3. The predicted octanol–water partition coefficient (Wildman–Crippen LogP) is 10.9. The Hall–Kier alpha value is -4.91. The molecule has 0 unspecified atom stereocenters. The molecule has 3 aromatic carbocycles. The van der Waals surface area contributed by atoms with Gasteiger partial charge in [0.1, 0.15) is 0 Å². The minimum atomic E-state index is -0.412. The Kier molecular flexibility index (Phi) is 12.1. The number of aliphatic imine (C=N–C) groups is 1. The van der Waals surface area contributed by atoms with Gasteiger partial charge in [0.05, 0.1) is 23.8 Å². The Bertz CT molecular complexity index is 2490. The molecule has 8 aromatic rings. The second-order valence-corrected chi connectivity index (χ2v) is 14.5. The first-order chi connectivity index (χ1) is 25.1. The molecule has 1 aliphatic rings. The van der Waals surface area contributed by atoms with Gasteiger partial charge in [0.25, 0.3) is 0 Å². The number of hydrogen-bond donors (Lipinski definition) is 0. The zero-order valence-electron chi connectivity index (χ0n) is 28.4. The molecule has 0 saturated heterocycles. The number of pyridine rings is 3. The molecule has 0 radical (unpaired) electrons. The summed E-state index contributed by atoms with van der Waals surface area (Å²) in [7, 11) is 0. The zero-order chi connectivity index (χ0) is 36.6. The molecule has 0 saturated carbocycles. The molecule has 52 heavy (non-hydrogen) atoms. The van der Waals surface area contributed by atoms with E-state index in [1.165, 1.54) is 17.2 Å². The summed E-state index contributed by atoms with van der Waals surface area (Å²) in [5, 5.41) is 11.1. The van der Waals surface area contributed by atoms with Crippen LogP contribution in [0.4, 0.5) is 4.39 Å². The van der Waals surface area contributed by atoms with Crippen molar-refractivity contribution in [3.8, 4) is 11.6 Å². The van der Waals surface area contributed by atoms with Gasteiger partial charge in [-0.15, -0.1) is 0 Å². The lowest BCUT2D eigenvalue weighted by Crippen LogP contribution is -1.99. The van der Waals surface area contributed by atoms with Gasteiger partial charge >= 0.3 is 0 Å². The van der Waals surface area contributed by atoms with E-state index < -0.39 is 5.95 Å². The van der Waals surface area contributed by atoms with Gasteiger partial charge in [-0.1, -0.05) is 84.2 Å². The van der Waals surface area contributed by atoms with Crippen molar-refractivity contribution in [1.82, 2.24) is 34.5 Å². The molecule has 0 N–H and O–H groups in total. The van der Waals surface area contributed by atoms with Gasteiger partial charge in [0, 0.05) is 53.7 Å². The van der Waals surface area contributed by atoms with Crippen LogP contribution in [0.15, 0.2) is 140 Å². The molecule has 0 atom stereocenters. The topological polar surface area (TPSA) is 86.7 Å². The minimum absolute atomic E-state index is 0.412. The van der Waals surface area contributed by atoms with Crippen LogP contribution in [0.25, 0.3) is 33.4 Å². The van der Waals surface area contributed by atoms with E-state index >= 15 is 0 Å². The first-order valence-corrected chi connectivity index (χ1v) is 18.5. The maximum atomic E-state index is 12.1. The lowest BCUT2D eigenvalue weighted by atomic mass is 10.1. The van der Waals surface area contributed by atoms with Crippen LogP contribution in [0.3, 0.4) is 0 Å². The number of halogens is 4. The van der Waals surface area contributed by atoms with Crippen LogP contribution >= 0.6 is 47.8 Å². The Morgan fingerprint density at radius 1 is 0.635 bits per heavy atom. The van der Waals surface area contributed by atoms with Gasteiger partial charge in [-0.3, -0.25) is 4.99 Å². The van der Waals surface area contributed by atoms with Gasteiger partial charge in [-0.25, -0.2) is 24.3 Å². The summed E-state index contributed by atoms with van der Waals surface area (Å²) in [6, 6.07) is 34.9. The van der Waals surface area contributed by atoms with Crippen molar-refractivity contribution in [3.05, 3.63) is 169 Å². The quantitative estimate of drug-likeness (QED) is 0.161. The number of aromatic nitrogens is 7. The molecule has 1 aliphatic heterocycles. The normalized spacial score (nSPS) is 11.2. The molecule has 0 aliphatic carbocycles. The van der Waals surface area contributed by atoms with E-state index in [1.807, 2.05) is 121 Å². The average Bonchev–Trinajstić information content (AvgIpc) is 3.87. The van der Waals surface area contributed by atoms with Crippen molar-refractivity contribution in [3.63, 3.8) is 0 Å². The van der Waals surface area contributed by atoms with Crippen molar-refractivity contribution in [2.75, 3.05) is 0 Å². The van der Waals surface area contributed by atoms with Crippen molar-refractivity contribution in [2.24, 2.45) is 4.99 Å². The van der Waals surface area contributed by atoms with Crippen molar-refractivity contribution >= 4 is 75.8 Å². The van der Waals surface area contributed by atoms with Crippen LogP contribution in [0, 0.1) is 26.7 Å². The van der Waals surface area contributed by atoms with Crippen LogP contribution in [0.5, 0.6) is 0 Å². The van der Waals surface area contributed by atoms with Crippen molar-refractivity contribution in [1.29, 1.82) is 0 Å². The summed E-state index contributed by atoms with van der Waals surface area (Å²) in [6.45, 7) is 6.55. The average molecular weight is 883 g/mol. The van der Waals surface area contributed by atoms with E-state index in [2.05, 4.69) is 90.1 Å².